The summed E-state index contributed by atoms with van der Waals surface area (Å²) in [5, 5.41) is 11.6. The number of hydrogen-bond acceptors (Lipinski definition) is 6. The fourth-order valence-electron chi connectivity index (χ4n) is 4.24. The number of ketones is 1. The molecule has 1 fully saturated rings. The van der Waals surface area contributed by atoms with Crippen molar-refractivity contribution in [2.45, 2.75) is 32.9 Å². The number of rotatable bonds is 8. The Balaban J connectivity index is 1.89. The molecule has 1 aliphatic rings. The van der Waals surface area contributed by atoms with Crippen LogP contribution in [0.4, 0.5) is 5.69 Å². The average molecular weight is 522 g/mol. The van der Waals surface area contributed by atoms with Crippen molar-refractivity contribution in [3.8, 4) is 17.2 Å². The first-order valence-electron chi connectivity index (χ1n) is 11.9. The molecule has 37 heavy (non-hydrogen) atoms. The number of anilines is 1. The van der Waals surface area contributed by atoms with E-state index in [9.17, 15) is 14.7 Å². The van der Waals surface area contributed by atoms with Crippen molar-refractivity contribution >= 4 is 34.7 Å². The van der Waals surface area contributed by atoms with Crippen LogP contribution in [0.3, 0.4) is 0 Å². The van der Waals surface area contributed by atoms with Gasteiger partial charge >= 0.3 is 0 Å². The Morgan fingerprint density at radius 2 is 1.59 bits per heavy atom. The SMILES string of the molecule is CCOc1ccc(N2C(=O)C(=O)/C(=C(/O)c3cc(OC)ccc3Cl)C2c2ccc(OC(C)C)cc2)cc1. The number of amides is 1. The van der Waals surface area contributed by atoms with E-state index in [0.29, 0.717) is 35.1 Å². The van der Waals surface area contributed by atoms with Crippen molar-refractivity contribution in [3.05, 3.63) is 88.5 Å². The van der Waals surface area contributed by atoms with Crippen LogP contribution in [0, 0.1) is 0 Å². The molecule has 4 rings (SSSR count). The van der Waals surface area contributed by atoms with Gasteiger partial charge < -0.3 is 19.3 Å². The van der Waals surface area contributed by atoms with E-state index in [1.807, 2.05) is 20.8 Å². The Morgan fingerprint density at radius 1 is 0.973 bits per heavy atom. The number of aliphatic hydroxyl groups excluding tert-OH is 1. The van der Waals surface area contributed by atoms with Crippen molar-refractivity contribution in [1.29, 1.82) is 0 Å². The number of ether oxygens (including phenoxy) is 3. The quantitative estimate of drug-likeness (QED) is 0.217. The molecule has 192 valence electrons. The van der Waals surface area contributed by atoms with E-state index in [1.54, 1.807) is 60.7 Å². The van der Waals surface area contributed by atoms with Crippen LogP contribution >= 0.6 is 11.6 Å². The monoisotopic (exact) mass is 521 g/mol. The smallest absolute Gasteiger partial charge is 0.300 e. The molecule has 0 bridgehead atoms. The lowest BCUT2D eigenvalue weighted by Crippen LogP contribution is -2.29. The molecule has 1 N–H and O–H groups in total. The molecule has 0 saturated carbocycles. The summed E-state index contributed by atoms with van der Waals surface area (Å²) >= 11 is 6.38. The van der Waals surface area contributed by atoms with Gasteiger partial charge in [-0.05, 0) is 80.9 Å². The molecular formula is C29H28ClNO6. The van der Waals surface area contributed by atoms with Crippen molar-refractivity contribution in [2.75, 3.05) is 18.6 Å². The Bertz CT molecular complexity index is 1330. The summed E-state index contributed by atoms with van der Waals surface area (Å²) in [6.07, 6.45) is -0.0180. The highest BCUT2D eigenvalue weighted by Gasteiger charge is 2.47. The van der Waals surface area contributed by atoms with E-state index in [0.717, 1.165) is 0 Å². The molecule has 1 heterocycles. The summed E-state index contributed by atoms with van der Waals surface area (Å²) in [6.45, 7) is 6.22. The maximum atomic E-state index is 13.4. The largest absolute Gasteiger partial charge is 0.507 e. The summed E-state index contributed by atoms with van der Waals surface area (Å²) in [6, 6.07) is 17.8. The van der Waals surface area contributed by atoms with Crippen LogP contribution in [-0.4, -0.2) is 36.6 Å². The minimum atomic E-state index is -0.909. The van der Waals surface area contributed by atoms with E-state index in [4.69, 9.17) is 25.8 Å². The number of benzene rings is 3. The van der Waals surface area contributed by atoms with Crippen LogP contribution in [0.25, 0.3) is 5.76 Å². The van der Waals surface area contributed by atoms with Gasteiger partial charge in [-0.2, -0.15) is 0 Å². The predicted octanol–water partition coefficient (Wildman–Crippen LogP) is 6.16. The number of hydrogen-bond donors (Lipinski definition) is 1. The Morgan fingerprint density at radius 3 is 2.19 bits per heavy atom. The summed E-state index contributed by atoms with van der Waals surface area (Å²) in [4.78, 5) is 28.2. The first kappa shape index (κ1) is 26.1. The molecule has 3 aromatic carbocycles. The summed E-state index contributed by atoms with van der Waals surface area (Å²) < 4.78 is 16.5. The van der Waals surface area contributed by atoms with Crippen LogP contribution in [0.1, 0.15) is 37.9 Å². The third kappa shape index (κ3) is 5.27. The van der Waals surface area contributed by atoms with Crippen LogP contribution in [-0.2, 0) is 9.59 Å². The molecule has 0 aliphatic carbocycles. The van der Waals surface area contributed by atoms with E-state index >= 15 is 0 Å². The third-order valence-corrected chi connectivity index (χ3v) is 6.20. The summed E-state index contributed by atoms with van der Waals surface area (Å²) in [5.41, 5.74) is 1.21. The molecule has 1 amide bonds. The van der Waals surface area contributed by atoms with Crippen LogP contribution in [0.2, 0.25) is 5.02 Å². The third-order valence-electron chi connectivity index (χ3n) is 5.87. The lowest BCUT2D eigenvalue weighted by molar-refractivity contribution is -0.132. The Kier molecular flexibility index (Phi) is 7.74. The second-order valence-corrected chi connectivity index (χ2v) is 9.08. The Hall–Kier alpha value is -3.97. The maximum absolute atomic E-state index is 13.4. The molecule has 0 spiro atoms. The second-order valence-electron chi connectivity index (χ2n) is 8.68. The zero-order valence-electron chi connectivity index (χ0n) is 21.0. The average Bonchev–Trinajstić information content (AvgIpc) is 3.15. The Labute approximate surface area is 220 Å². The zero-order chi connectivity index (χ0) is 26.7. The van der Waals surface area contributed by atoms with E-state index in [-0.39, 0.29) is 28.0 Å². The number of Topliss-reactive ketones (excluding diaryl/α,β-unsaturated/α-hetero) is 1. The number of carbonyl (C=O) groups excluding carboxylic acids is 2. The number of aliphatic hydroxyl groups is 1. The fourth-order valence-corrected chi connectivity index (χ4v) is 4.45. The van der Waals surface area contributed by atoms with Crippen LogP contribution in [0.15, 0.2) is 72.3 Å². The molecule has 7 nitrogen and oxygen atoms in total. The van der Waals surface area contributed by atoms with E-state index in [2.05, 4.69) is 0 Å². The first-order chi connectivity index (χ1) is 17.7. The highest BCUT2D eigenvalue weighted by Crippen LogP contribution is 2.44. The lowest BCUT2D eigenvalue weighted by atomic mass is 9.95. The molecule has 3 aromatic rings. The highest BCUT2D eigenvalue weighted by molar-refractivity contribution is 6.52. The van der Waals surface area contributed by atoms with E-state index < -0.39 is 17.7 Å². The number of halogens is 1. The molecule has 1 atom stereocenters. The molecule has 1 saturated heterocycles. The summed E-state index contributed by atoms with van der Waals surface area (Å²) in [7, 11) is 1.48. The number of carbonyl (C=O) groups is 2. The van der Waals surface area contributed by atoms with Crippen LogP contribution < -0.4 is 19.1 Å². The normalized spacial score (nSPS) is 16.8. The predicted molar refractivity (Wildman–Crippen MR) is 143 cm³/mol. The van der Waals surface area contributed by atoms with Crippen LogP contribution in [0.5, 0.6) is 17.2 Å². The van der Waals surface area contributed by atoms with Gasteiger partial charge in [0.2, 0.25) is 0 Å². The minimum absolute atomic E-state index is 0.0180. The van der Waals surface area contributed by atoms with Gasteiger partial charge in [-0.15, -0.1) is 0 Å². The molecule has 1 aliphatic heterocycles. The van der Waals surface area contributed by atoms with Gasteiger partial charge in [0.05, 0.1) is 36.5 Å². The van der Waals surface area contributed by atoms with Crippen molar-refractivity contribution in [1.82, 2.24) is 0 Å². The zero-order valence-corrected chi connectivity index (χ0v) is 21.8. The fraction of sp³-hybridized carbons (Fsp3) is 0.241. The topological polar surface area (TPSA) is 85.3 Å². The molecular weight excluding hydrogens is 494 g/mol. The van der Waals surface area contributed by atoms with Crippen molar-refractivity contribution in [3.63, 3.8) is 0 Å². The maximum Gasteiger partial charge on any atom is 0.300 e. The van der Waals surface area contributed by atoms with Gasteiger partial charge in [-0.3, -0.25) is 14.5 Å². The summed E-state index contributed by atoms with van der Waals surface area (Å²) in [5.74, 6) is -0.248. The molecule has 1 unspecified atom stereocenters. The standard InChI is InChI=1S/C29H28ClNO6/c1-5-36-20-12-8-19(9-13-20)31-26(18-6-10-21(11-7-18)37-17(2)3)25(28(33)29(31)34)27(32)23-16-22(35-4)14-15-24(23)30/h6-17,26,32H,5H2,1-4H3/b27-25+. The van der Waals surface area contributed by atoms with Gasteiger partial charge in [0.1, 0.15) is 23.0 Å². The first-order valence-corrected chi connectivity index (χ1v) is 12.3. The van der Waals surface area contributed by atoms with Gasteiger partial charge in [0.15, 0.2) is 0 Å². The second kappa shape index (κ2) is 11.0. The molecule has 0 radical (unpaired) electrons. The molecule has 8 heteroatoms. The van der Waals surface area contributed by atoms with Gasteiger partial charge in [-0.1, -0.05) is 23.7 Å². The van der Waals surface area contributed by atoms with Crippen molar-refractivity contribution in [2.24, 2.45) is 0 Å². The minimum Gasteiger partial charge on any atom is -0.507 e. The number of methoxy groups -OCH3 is 1. The van der Waals surface area contributed by atoms with Gasteiger partial charge in [-0.25, -0.2) is 0 Å². The molecule has 0 aromatic heterocycles. The van der Waals surface area contributed by atoms with Gasteiger partial charge in [0, 0.05) is 11.3 Å². The lowest BCUT2D eigenvalue weighted by Gasteiger charge is -2.26. The highest BCUT2D eigenvalue weighted by atomic mass is 35.5. The number of nitrogens with zero attached hydrogens (tertiary/aromatic N) is 1. The van der Waals surface area contributed by atoms with E-state index in [1.165, 1.54) is 18.1 Å². The van der Waals surface area contributed by atoms with Gasteiger partial charge in [0.25, 0.3) is 11.7 Å². The van der Waals surface area contributed by atoms with Crippen molar-refractivity contribution < 1.29 is 28.9 Å².